The Morgan fingerprint density at radius 3 is 2.67 bits per heavy atom. The van der Waals surface area contributed by atoms with Crippen molar-refractivity contribution in [2.45, 2.75) is 6.61 Å². The molecule has 0 aliphatic heterocycles. The van der Waals surface area contributed by atoms with Gasteiger partial charge in [-0.1, -0.05) is 18.2 Å². The van der Waals surface area contributed by atoms with Gasteiger partial charge in [-0.2, -0.15) is 0 Å². The Hall–Kier alpha value is -1.56. The third-order valence-electron chi connectivity index (χ3n) is 2.38. The molecule has 0 heterocycles. The summed E-state index contributed by atoms with van der Waals surface area (Å²) in [6, 6.07) is 14.5. The van der Waals surface area contributed by atoms with Crippen LogP contribution in [-0.2, 0) is 6.61 Å². The minimum atomic E-state index is -0.925. The number of carboxylic acid groups (broad SMARTS) is 1. The fraction of sp³-hybridized carbons (Fsp3) is 0.0714. The molecule has 0 unspecified atom stereocenters. The van der Waals surface area contributed by atoms with Crippen molar-refractivity contribution in [1.82, 2.24) is 0 Å². The molecule has 0 atom stereocenters. The van der Waals surface area contributed by atoms with Crippen LogP contribution in [0.15, 0.2) is 48.5 Å². The highest BCUT2D eigenvalue weighted by molar-refractivity contribution is 14.1. The number of aromatic carboxylic acids is 1. The normalized spacial score (nSPS) is 10.1. The van der Waals surface area contributed by atoms with E-state index in [0.29, 0.717) is 6.61 Å². The summed E-state index contributed by atoms with van der Waals surface area (Å²) in [6.45, 7) is 0.362. The molecule has 0 amide bonds. The van der Waals surface area contributed by atoms with Crippen LogP contribution in [0.1, 0.15) is 15.9 Å². The number of halogens is 1. The Morgan fingerprint density at radius 2 is 1.94 bits per heavy atom. The summed E-state index contributed by atoms with van der Waals surface area (Å²) >= 11 is 2.22. The summed E-state index contributed by atoms with van der Waals surface area (Å²) in [5.41, 5.74) is 1.12. The zero-order valence-electron chi connectivity index (χ0n) is 9.47. The molecule has 0 aliphatic carbocycles. The maximum Gasteiger partial charge on any atom is 0.335 e. The standard InChI is InChI=1S/C14H11IO3/c15-12-5-2-6-13(8-12)18-9-10-3-1-4-11(7-10)14(16)17/h1-8H,9H2,(H,16,17). The van der Waals surface area contributed by atoms with Gasteiger partial charge in [0.05, 0.1) is 5.56 Å². The maximum atomic E-state index is 10.8. The van der Waals surface area contributed by atoms with Crippen molar-refractivity contribution in [3.05, 3.63) is 63.2 Å². The van der Waals surface area contributed by atoms with Crippen molar-refractivity contribution in [1.29, 1.82) is 0 Å². The maximum absolute atomic E-state index is 10.8. The molecule has 0 spiro atoms. The third-order valence-corrected chi connectivity index (χ3v) is 3.05. The van der Waals surface area contributed by atoms with Crippen molar-refractivity contribution in [3.8, 4) is 5.75 Å². The van der Waals surface area contributed by atoms with Gasteiger partial charge in [-0.3, -0.25) is 0 Å². The summed E-state index contributed by atoms with van der Waals surface area (Å²) in [7, 11) is 0. The highest BCUT2D eigenvalue weighted by atomic mass is 127. The summed E-state index contributed by atoms with van der Waals surface area (Å²) in [4.78, 5) is 10.8. The molecule has 1 N–H and O–H groups in total. The minimum Gasteiger partial charge on any atom is -0.489 e. The van der Waals surface area contributed by atoms with Crippen molar-refractivity contribution >= 4 is 28.6 Å². The van der Waals surface area contributed by atoms with E-state index in [-0.39, 0.29) is 5.56 Å². The number of rotatable bonds is 4. The lowest BCUT2D eigenvalue weighted by Gasteiger charge is -2.07. The summed E-state index contributed by atoms with van der Waals surface area (Å²) in [5, 5.41) is 8.89. The van der Waals surface area contributed by atoms with Gasteiger partial charge in [0.25, 0.3) is 0 Å². The molecule has 3 nitrogen and oxygen atoms in total. The second-order valence-corrected chi connectivity index (χ2v) is 5.00. The topological polar surface area (TPSA) is 46.5 Å². The molecule has 2 aromatic rings. The summed E-state index contributed by atoms with van der Waals surface area (Å²) in [5.74, 6) is -0.145. The number of carbonyl (C=O) groups is 1. The van der Waals surface area contributed by atoms with Gasteiger partial charge in [-0.05, 0) is 58.5 Å². The van der Waals surface area contributed by atoms with E-state index in [9.17, 15) is 4.79 Å². The largest absolute Gasteiger partial charge is 0.489 e. The Morgan fingerprint density at radius 1 is 1.17 bits per heavy atom. The van der Waals surface area contributed by atoms with Gasteiger partial charge >= 0.3 is 5.97 Å². The van der Waals surface area contributed by atoms with Gasteiger partial charge in [-0.25, -0.2) is 4.79 Å². The van der Waals surface area contributed by atoms with Crippen molar-refractivity contribution in [3.63, 3.8) is 0 Å². The molecule has 0 bridgehead atoms. The van der Waals surface area contributed by atoms with E-state index in [1.54, 1.807) is 18.2 Å². The number of benzene rings is 2. The smallest absolute Gasteiger partial charge is 0.335 e. The molecule has 0 saturated carbocycles. The second-order valence-electron chi connectivity index (χ2n) is 3.75. The second kappa shape index (κ2) is 5.86. The number of ether oxygens (including phenoxy) is 1. The van der Waals surface area contributed by atoms with E-state index >= 15 is 0 Å². The fourth-order valence-corrected chi connectivity index (χ4v) is 2.03. The Labute approximate surface area is 119 Å². The first-order chi connectivity index (χ1) is 8.65. The lowest BCUT2D eigenvalue weighted by molar-refractivity contribution is 0.0696. The van der Waals surface area contributed by atoms with Gasteiger partial charge in [0, 0.05) is 3.57 Å². The van der Waals surface area contributed by atoms with Crippen LogP contribution in [0.4, 0.5) is 0 Å². The molecular formula is C14H11IO3. The van der Waals surface area contributed by atoms with E-state index in [0.717, 1.165) is 14.9 Å². The zero-order valence-corrected chi connectivity index (χ0v) is 11.6. The van der Waals surface area contributed by atoms with E-state index in [1.807, 2.05) is 30.3 Å². The molecule has 2 aromatic carbocycles. The lowest BCUT2D eigenvalue weighted by Crippen LogP contribution is -2.00. The molecular weight excluding hydrogens is 343 g/mol. The van der Waals surface area contributed by atoms with Crippen LogP contribution >= 0.6 is 22.6 Å². The molecule has 0 fully saturated rings. The number of hydrogen-bond donors (Lipinski definition) is 1. The molecule has 0 aromatic heterocycles. The zero-order chi connectivity index (χ0) is 13.0. The highest BCUT2D eigenvalue weighted by Crippen LogP contribution is 2.16. The van der Waals surface area contributed by atoms with Crippen LogP contribution in [0.3, 0.4) is 0 Å². The van der Waals surface area contributed by atoms with Crippen LogP contribution < -0.4 is 4.74 Å². The number of carboxylic acids is 1. The first kappa shape index (κ1) is 12.9. The molecule has 0 radical (unpaired) electrons. The fourth-order valence-electron chi connectivity index (χ4n) is 1.52. The highest BCUT2D eigenvalue weighted by Gasteiger charge is 2.03. The molecule has 92 valence electrons. The average molecular weight is 354 g/mol. The first-order valence-corrected chi connectivity index (χ1v) is 6.43. The van der Waals surface area contributed by atoms with Gasteiger partial charge in [0.1, 0.15) is 12.4 Å². The van der Waals surface area contributed by atoms with Crippen LogP contribution in [0.2, 0.25) is 0 Å². The minimum absolute atomic E-state index is 0.277. The molecule has 2 rings (SSSR count). The summed E-state index contributed by atoms with van der Waals surface area (Å²) in [6.07, 6.45) is 0. The number of hydrogen-bond acceptors (Lipinski definition) is 2. The lowest BCUT2D eigenvalue weighted by atomic mass is 10.1. The quantitative estimate of drug-likeness (QED) is 0.854. The Bertz CT molecular complexity index is 566. The van der Waals surface area contributed by atoms with E-state index in [4.69, 9.17) is 9.84 Å². The molecule has 4 heteroatoms. The van der Waals surface area contributed by atoms with Crippen LogP contribution in [0, 0.1) is 3.57 Å². The molecule has 0 saturated heterocycles. The monoisotopic (exact) mass is 354 g/mol. The van der Waals surface area contributed by atoms with Crippen molar-refractivity contribution in [2.75, 3.05) is 0 Å². The summed E-state index contributed by atoms with van der Waals surface area (Å²) < 4.78 is 6.71. The third kappa shape index (κ3) is 3.46. The molecule has 0 aliphatic rings. The van der Waals surface area contributed by atoms with E-state index in [2.05, 4.69) is 22.6 Å². The van der Waals surface area contributed by atoms with Crippen LogP contribution in [0.25, 0.3) is 0 Å². The van der Waals surface area contributed by atoms with Gasteiger partial charge < -0.3 is 9.84 Å². The van der Waals surface area contributed by atoms with Crippen LogP contribution in [0.5, 0.6) is 5.75 Å². The van der Waals surface area contributed by atoms with E-state index in [1.165, 1.54) is 0 Å². The Balaban J connectivity index is 2.06. The van der Waals surface area contributed by atoms with Gasteiger partial charge in [0.15, 0.2) is 0 Å². The van der Waals surface area contributed by atoms with Crippen molar-refractivity contribution in [2.24, 2.45) is 0 Å². The molecule has 18 heavy (non-hydrogen) atoms. The average Bonchev–Trinajstić information content (AvgIpc) is 2.37. The predicted octanol–water partition coefficient (Wildman–Crippen LogP) is 3.57. The van der Waals surface area contributed by atoms with E-state index < -0.39 is 5.97 Å². The van der Waals surface area contributed by atoms with Gasteiger partial charge in [0.2, 0.25) is 0 Å². The predicted molar refractivity (Wildman–Crippen MR) is 76.9 cm³/mol. The van der Waals surface area contributed by atoms with Crippen molar-refractivity contribution < 1.29 is 14.6 Å². The SMILES string of the molecule is O=C(O)c1cccc(COc2cccc(I)c2)c1. The van der Waals surface area contributed by atoms with Crippen LogP contribution in [-0.4, -0.2) is 11.1 Å². The first-order valence-electron chi connectivity index (χ1n) is 5.36. The van der Waals surface area contributed by atoms with Gasteiger partial charge in [-0.15, -0.1) is 0 Å². The Kier molecular flexibility index (Phi) is 4.19.